The maximum atomic E-state index is 15.3. The minimum Gasteiger partial charge on any atom is -0.477 e. The number of ether oxygens (including phenoxy) is 2. The van der Waals surface area contributed by atoms with Crippen LogP contribution in [0.15, 0.2) is 77.6 Å². The lowest BCUT2D eigenvalue weighted by atomic mass is 10.1. The lowest BCUT2D eigenvalue weighted by Gasteiger charge is -2.35. The Kier molecular flexibility index (Phi) is 16.3. The number of hydrogen-bond acceptors (Lipinski definition) is 10. The highest BCUT2D eigenvalue weighted by atomic mass is 19.4. The van der Waals surface area contributed by atoms with E-state index in [2.05, 4.69) is 21.3 Å². The van der Waals surface area contributed by atoms with Crippen LogP contribution >= 0.6 is 0 Å². The molecule has 2 atom stereocenters. The first-order valence-corrected chi connectivity index (χ1v) is 20.0. The van der Waals surface area contributed by atoms with Gasteiger partial charge in [-0.05, 0) is 55.2 Å². The molecule has 0 unspecified atom stereocenters. The van der Waals surface area contributed by atoms with E-state index in [0.29, 0.717) is 35.2 Å². The van der Waals surface area contributed by atoms with Crippen LogP contribution in [0.5, 0.6) is 0 Å². The number of rotatable bonds is 19. The van der Waals surface area contributed by atoms with Gasteiger partial charge in [0, 0.05) is 75.5 Å². The lowest BCUT2D eigenvalue weighted by molar-refractivity contribution is -0.139. The summed E-state index contributed by atoms with van der Waals surface area (Å²) in [7, 11) is 0. The monoisotopic (exact) mass is 870 g/mol. The first kappa shape index (κ1) is 46.5. The molecule has 16 nitrogen and oxygen atoms in total. The normalized spacial score (nSPS) is 13.9. The maximum absolute atomic E-state index is 15.3. The fraction of sp³-hybridized carbons (Fsp3) is 0.405. The van der Waals surface area contributed by atoms with Gasteiger partial charge in [0.1, 0.15) is 24.7 Å². The van der Waals surface area contributed by atoms with Gasteiger partial charge in [0.25, 0.3) is 0 Å². The average molecular weight is 871 g/mol. The molecule has 20 heteroatoms. The van der Waals surface area contributed by atoms with Crippen molar-refractivity contribution in [3.05, 3.63) is 106 Å². The lowest BCUT2D eigenvalue weighted by Crippen LogP contribution is -2.49. The summed E-state index contributed by atoms with van der Waals surface area (Å²) in [6.07, 6.45) is -6.53. The van der Waals surface area contributed by atoms with Crippen molar-refractivity contribution < 1.29 is 51.3 Å². The molecule has 1 aliphatic heterocycles. The number of alkyl halides is 3. The van der Waals surface area contributed by atoms with E-state index in [1.54, 1.807) is 66.4 Å². The van der Waals surface area contributed by atoms with Crippen molar-refractivity contribution in [2.75, 3.05) is 56.0 Å². The summed E-state index contributed by atoms with van der Waals surface area (Å²) in [5.41, 5.74) is 6.87. The molecule has 334 valence electrons. The number of aromatic carboxylic acids is 1. The first-order valence-electron chi connectivity index (χ1n) is 20.0. The van der Waals surface area contributed by atoms with Crippen LogP contribution in [-0.2, 0) is 29.2 Å². The maximum Gasteiger partial charge on any atom is 0.410 e. The number of nitrogens with zero attached hydrogens (tertiary/aromatic N) is 3. The van der Waals surface area contributed by atoms with Gasteiger partial charge in [0.2, 0.25) is 0 Å². The van der Waals surface area contributed by atoms with E-state index in [4.69, 9.17) is 15.2 Å². The molecule has 1 fully saturated rings. The molecule has 0 aliphatic carbocycles. The van der Waals surface area contributed by atoms with Gasteiger partial charge < -0.3 is 55.9 Å². The predicted molar refractivity (Wildman–Crippen MR) is 223 cm³/mol. The van der Waals surface area contributed by atoms with Gasteiger partial charge in [-0.15, -0.1) is 0 Å². The van der Waals surface area contributed by atoms with Crippen molar-refractivity contribution in [2.24, 2.45) is 5.73 Å². The summed E-state index contributed by atoms with van der Waals surface area (Å²) >= 11 is 0. The summed E-state index contributed by atoms with van der Waals surface area (Å²) in [5.74, 6) is -1.91. The molecular formula is C42H50F4N8O8. The minimum atomic E-state index is -4.57. The number of benzene rings is 3. The molecule has 0 spiro atoms. The summed E-state index contributed by atoms with van der Waals surface area (Å²) in [4.78, 5) is 64.1. The molecule has 4 aromatic rings. The molecule has 1 aliphatic rings. The molecule has 7 N–H and O–H groups in total. The van der Waals surface area contributed by atoms with Crippen molar-refractivity contribution in [3.63, 3.8) is 0 Å². The van der Waals surface area contributed by atoms with Crippen LogP contribution < -0.4 is 37.3 Å². The Morgan fingerprint density at radius 1 is 0.887 bits per heavy atom. The zero-order chi connectivity index (χ0) is 44.8. The Morgan fingerprint density at radius 2 is 1.56 bits per heavy atom. The Hall–Kier alpha value is -6.57. The number of carbonyl (C=O) groups excluding carboxylic acids is 3. The van der Waals surface area contributed by atoms with Gasteiger partial charge in [0.15, 0.2) is 5.43 Å². The number of carbonyl (C=O) groups is 4. The van der Waals surface area contributed by atoms with E-state index in [0.717, 1.165) is 12.1 Å². The molecule has 62 heavy (non-hydrogen) atoms. The molecule has 1 saturated heterocycles. The average Bonchev–Trinajstić information content (AvgIpc) is 3.24. The number of alkyl carbamates (subject to hydrolysis) is 1. The van der Waals surface area contributed by atoms with Gasteiger partial charge in [0.05, 0.1) is 23.7 Å². The van der Waals surface area contributed by atoms with Crippen LogP contribution in [-0.4, -0.2) is 103 Å². The van der Waals surface area contributed by atoms with E-state index >= 15 is 4.39 Å². The number of anilines is 2. The quantitative estimate of drug-likeness (QED) is 0.0521. The van der Waals surface area contributed by atoms with Gasteiger partial charge >= 0.3 is 30.4 Å². The van der Waals surface area contributed by atoms with Crippen LogP contribution in [0.1, 0.15) is 47.8 Å². The van der Waals surface area contributed by atoms with E-state index in [-0.39, 0.29) is 82.3 Å². The van der Waals surface area contributed by atoms with E-state index in [1.165, 1.54) is 15.5 Å². The number of piperazine rings is 1. The number of urea groups is 1. The number of nitrogens with one attached hydrogen (secondary N) is 4. The molecule has 5 rings (SSSR count). The second kappa shape index (κ2) is 21.8. The number of nitrogens with two attached hydrogens (primary N) is 1. The number of carboxylic acid groups (broad SMARTS) is 1. The zero-order valence-corrected chi connectivity index (χ0v) is 34.0. The second-order valence-corrected chi connectivity index (χ2v) is 14.6. The Balaban J connectivity index is 1.12. The molecule has 2 heterocycles. The first-order chi connectivity index (χ1) is 29.6. The summed E-state index contributed by atoms with van der Waals surface area (Å²) < 4.78 is 67.8. The van der Waals surface area contributed by atoms with Crippen molar-refractivity contribution >= 4 is 46.5 Å². The van der Waals surface area contributed by atoms with Gasteiger partial charge in [-0.2, -0.15) is 13.2 Å². The molecule has 0 bridgehead atoms. The second-order valence-electron chi connectivity index (χ2n) is 14.6. The third kappa shape index (κ3) is 13.7. The fourth-order valence-corrected chi connectivity index (χ4v) is 7.00. The standard InChI is InChI=1S/C42H50F4N8O8/c1-2-54-34-20-35(33(43)19-32(34)37(55)21-36(54)38(56)57)52-15-17-53(18-16-52)41(60)62-26-28-10-12-29(13-11-28)49-23-30(9-6-14-48-39(47)58)50-24-31(22-42(44,45)46)51-40(59)61-25-27-7-4-3-5-8-27/h3-5,7-8,10-13,19-21,30-31,49-50H,2,6,9,14-18,22-26H2,1H3,(H,51,59)(H,56,57)(H3,47,48,58)/t30-,31-/m1/s1. The minimum absolute atomic E-state index is 0.0441. The SMILES string of the molecule is CCn1c(C(=O)O)cc(=O)c2cc(F)c(N3CCN(C(=O)OCc4ccc(NC[C@@H](CCCNC(N)=O)NC[C@@H](CC(F)(F)F)NC(=O)OCc5ccccc5)cc4)CC3)cc21. The Labute approximate surface area is 354 Å². The summed E-state index contributed by atoms with van der Waals surface area (Å²) in [6.45, 7) is 3.04. The number of amides is 4. The highest BCUT2D eigenvalue weighted by Gasteiger charge is 2.33. The number of primary amides is 1. The zero-order valence-electron chi connectivity index (χ0n) is 34.0. The largest absolute Gasteiger partial charge is 0.477 e. The molecule has 4 amide bonds. The highest BCUT2D eigenvalue weighted by Crippen LogP contribution is 2.27. The number of carboxylic acids is 1. The molecule has 0 saturated carbocycles. The van der Waals surface area contributed by atoms with Crippen molar-refractivity contribution in [1.29, 1.82) is 0 Å². The third-order valence-electron chi connectivity index (χ3n) is 10.2. The number of aryl methyl sites for hydroxylation is 1. The topological polar surface area (TPSA) is 210 Å². The van der Waals surface area contributed by atoms with Crippen LogP contribution in [0, 0.1) is 5.82 Å². The predicted octanol–water partition coefficient (Wildman–Crippen LogP) is 5.38. The van der Waals surface area contributed by atoms with Gasteiger partial charge in [-0.1, -0.05) is 42.5 Å². The van der Waals surface area contributed by atoms with Gasteiger partial charge in [-0.25, -0.2) is 23.6 Å². The Bertz CT molecular complexity index is 2220. The van der Waals surface area contributed by atoms with E-state index in [1.807, 2.05) is 0 Å². The number of hydrogen-bond donors (Lipinski definition) is 6. The summed E-state index contributed by atoms with van der Waals surface area (Å²) in [6, 6.07) is 16.8. The third-order valence-corrected chi connectivity index (χ3v) is 10.2. The highest BCUT2D eigenvalue weighted by molar-refractivity contribution is 5.91. The van der Waals surface area contributed by atoms with Crippen LogP contribution in [0.2, 0.25) is 0 Å². The van der Waals surface area contributed by atoms with Crippen molar-refractivity contribution in [3.8, 4) is 0 Å². The molecule has 0 radical (unpaired) electrons. The molecule has 1 aromatic heterocycles. The fourth-order valence-electron chi connectivity index (χ4n) is 7.00. The van der Waals surface area contributed by atoms with Crippen LogP contribution in [0.3, 0.4) is 0 Å². The molecule has 3 aromatic carbocycles. The van der Waals surface area contributed by atoms with Crippen LogP contribution in [0.4, 0.5) is 43.3 Å². The van der Waals surface area contributed by atoms with Gasteiger partial charge in [-0.3, -0.25) is 4.79 Å². The van der Waals surface area contributed by atoms with Crippen molar-refractivity contribution in [1.82, 2.24) is 25.4 Å². The number of aromatic nitrogens is 1. The Morgan fingerprint density at radius 3 is 2.21 bits per heavy atom. The van der Waals surface area contributed by atoms with Crippen LogP contribution in [0.25, 0.3) is 10.9 Å². The number of fused-ring (bicyclic) bond motifs is 1. The number of pyridine rings is 1. The van der Waals surface area contributed by atoms with E-state index < -0.39 is 60.1 Å². The van der Waals surface area contributed by atoms with Crippen molar-refractivity contribution in [2.45, 2.75) is 64.2 Å². The van der Waals surface area contributed by atoms with E-state index in [9.17, 15) is 42.3 Å². The number of halogens is 4. The molecular weight excluding hydrogens is 821 g/mol. The summed E-state index contributed by atoms with van der Waals surface area (Å²) in [5, 5.41) is 20.8. The smallest absolute Gasteiger partial charge is 0.410 e.